The summed E-state index contributed by atoms with van der Waals surface area (Å²) in [5.41, 5.74) is 8.25. The van der Waals surface area contributed by atoms with E-state index in [4.69, 9.17) is 10.5 Å². The number of nitrogens with zero attached hydrogens (tertiary/aromatic N) is 2. The fourth-order valence-corrected chi connectivity index (χ4v) is 2.93. The standard InChI is InChI=1S/C16H22N4O2.2ClH/c1-12-3-2-6-20-10-13(19-14(12)20)9-18-15(21)16(11-17)4-7-22-8-5-16;;/h2-3,6,10H,4-5,7-9,11,17H2,1H3,(H,18,21);2*1H. The third kappa shape index (κ3) is 4.00. The molecule has 0 bridgehead atoms. The van der Waals surface area contributed by atoms with E-state index in [1.165, 1.54) is 0 Å². The smallest absolute Gasteiger partial charge is 0.227 e. The second kappa shape index (κ2) is 8.67. The van der Waals surface area contributed by atoms with E-state index in [2.05, 4.69) is 10.3 Å². The van der Waals surface area contributed by atoms with Crippen LogP contribution in [0.3, 0.4) is 0 Å². The highest BCUT2D eigenvalue weighted by molar-refractivity contribution is 5.85. The number of carbonyl (C=O) groups excluding carboxylic acids is 1. The zero-order chi connectivity index (χ0) is 15.6. The predicted molar refractivity (Wildman–Crippen MR) is 97.8 cm³/mol. The lowest BCUT2D eigenvalue weighted by Crippen LogP contribution is -2.49. The van der Waals surface area contributed by atoms with Gasteiger partial charge in [0.25, 0.3) is 0 Å². The van der Waals surface area contributed by atoms with Crippen LogP contribution in [-0.2, 0) is 16.1 Å². The third-order valence-electron chi connectivity index (χ3n) is 4.48. The molecule has 1 fully saturated rings. The first-order valence-electron chi connectivity index (χ1n) is 7.64. The summed E-state index contributed by atoms with van der Waals surface area (Å²) < 4.78 is 7.32. The normalized spacial score (nSPS) is 16.1. The first-order valence-corrected chi connectivity index (χ1v) is 7.64. The van der Waals surface area contributed by atoms with E-state index < -0.39 is 5.41 Å². The Balaban J connectivity index is 0.00000144. The van der Waals surface area contributed by atoms with Gasteiger partial charge in [-0.15, -0.1) is 24.8 Å². The number of hydrogen-bond acceptors (Lipinski definition) is 4. The van der Waals surface area contributed by atoms with Crippen molar-refractivity contribution in [2.45, 2.75) is 26.3 Å². The fourth-order valence-electron chi connectivity index (χ4n) is 2.93. The fraction of sp³-hybridized carbons (Fsp3) is 0.500. The predicted octanol–water partition coefficient (Wildman–Crippen LogP) is 1.86. The highest BCUT2D eigenvalue weighted by Gasteiger charge is 2.38. The molecule has 1 amide bonds. The minimum atomic E-state index is -0.493. The van der Waals surface area contributed by atoms with Gasteiger partial charge in [-0.2, -0.15) is 0 Å². The maximum atomic E-state index is 12.5. The van der Waals surface area contributed by atoms with E-state index in [1.807, 2.05) is 35.9 Å². The Morgan fingerprint density at radius 3 is 2.75 bits per heavy atom. The van der Waals surface area contributed by atoms with Crippen molar-refractivity contribution in [3.8, 4) is 0 Å². The first-order chi connectivity index (χ1) is 10.6. The Bertz CT molecular complexity index is 684. The zero-order valence-corrected chi connectivity index (χ0v) is 15.3. The summed E-state index contributed by atoms with van der Waals surface area (Å²) in [5, 5.41) is 2.99. The molecule has 0 radical (unpaired) electrons. The molecule has 134 valence electrons. The molecule has 0 aliphatic carbocycles. The van der Waals surface area contributed by atoms with Gasteiger partial charge in [-0.25, -0.2) is 4.98 Å². The second-order valence-corrected chi connectivity index (χ2v) is 5.93. The molecule has 3 N–H and O–H groups in total. The van der Waals surface area contributed by atoms with Gasteiger partial charge in [-0.3, -0.25) is 4.79 Å². The summed E-state index contributed by atoms with van der Waals surface area (Å²) in [6.07, 6.45) is 5.27. The number of hydrogen-bond donors (Lipinski definition) is 2. The average Bonchev–Trinajstić information content (AvgIpc) is 2.98. The lowest BCUT2D eigenvalue weighted by atomic mass is 9.79. The Morgan fingerprint density at radius 2 is 2.12 bits per heavy atom. The van der Waals surface area contributed by atoms with E-state index in [9.17, 15) is 4.79 Å². The van der Waals surface area contributed by atoms with Crippen LogP contribution in [0.4, 0.5) is 0 Å². The maximum absolute atomic E-state index is 12.5. The van der Waals surface area contributed by atoms with Gasteiger partial charge in [0.05, 0.1) is 17.7 Å². The molecule has 1 aliphatic rings. The van der Waals surface area contributed by atoms with Crippen molar-refractivity contribution in [2.75, 3.05) is 19.8 Å². The van der Waals surface area contributed by atoms with Crippen LogP contribution in [0.1, 0.15) is 24.1 Å². The van der Waals surface area contributed by atoms with E-state index in [0.717, 1.165) is 16.9 Å². The molecule has 0 saturated carbocycles. The van der Waals surface area contributed by atoms with Crippen LogP contribution in [0.25, 0.3) is 5.65 Å². The number of imidazole rings is 1. The number of carbonyl (C=O) groups is 1. The quantitative estimate of drug-likeness (QED) is 0.855. The second-order valence-electron chi connectivity index (χ2n) is 5.93. The van der Waals surface area contributed by atoms with Gasteiger partial charge in [-0.1, -0.05) is 6.07 Å². The van der Waals surface area contributed by atoms with Crippen LogP contribution in [-0.4, -0.2) is 35.1 Å². The molecule has 1 saturated heterocycles. The van der Waals surface area contributed by atoms with Crippen molar-refractivity contribution in [3.63, 3.8) is 0 Å². The SMILES string of the molecule is Cc1cccn2cc(CNC(=O)C3(CN)CCOCC3)nc12.Cl.Cl. The summed E-state index contributed by atoms with van der Waals surface area (Å²) in [5.74, 6) is 0.00655. The zero-order valence-electron chi connectivity index (χ0n) is 13.7. The van der Waals surface area contributed by atoms with Crippen molar-refractivity contribution in [1.82, 2.24) is 14.7 Å². The molecule has 0 aromatic carbocycles. The Labute approximate surface area is 154 Å². The number of nitrogens with one attached hydrogen (secondary N) is 1. The number of aryl methyl sites for hydroxylation is 1. The lowest BCUT2D eigenvalue weighted by molar-refractivity contribution is -0.136. The average molecular weight is 375 g/mol. The number of aromatic nitrogens is 2. The summed E-state index contributed by atoms with van der Waals surface area (Å²) in [4.78, 5) is 17.1. The van der Waals surface area contributed by atoms with Gasteiger partial charge in [0.15, 0.2) is 0 Å². The van der Waals surface area contributed by atoms with Crippen molar-refractivity contribution in [3.05, 3.63) is 35.8 Å². The molecule has 8 heteroatoms. The van der Waals surface area contributed by atoms with Gasteiger partial charge in [0.2, 0.25) is 5.91 Å². The van der Waals surface area contributed by atoms with E-state index in [-0.39, 0.29) is 30.7 Å². The van der Waals surface area contributed by atoms with Crippen LogP contribution < -0.4 is 11.1 Å². The van der Waals surface area contributed by atoms with Gasteiger partial charge in [-0.05, 0) is 31.4 Å². The van der Waals surface area contributed by atoms with Crippen LogP contribution >= 0.6 is 24.8 Å². The summed E-state index contributed by atoms with van der Waals surface area (Å²) in [6.45, 7) is 3.99. The van der Waals surface area contributed by atoms with Gasteiger partial charge in [0, 0.05) is 32.2 Å². The van der Waals surface area contributed by atoms with Crippen LogP contribution in [0.5, 0.6) is 0 Å². The Hall–Kier alpha value is -1.34. The number of nitrogens with two attached hydrogens (primary N) is 1. The maximum Gasteiger partial charge on any atom is 0.227 e. The van der Waals surface area contributed by atoms with Crippen LogP contribution in [0.2, 0.25) is 0 Å². The highest BCUT2D eigenvalue weighted by atomic mass is 35.5. The highest BCUT2D eigenvalue weighted by Crippen LogP contribution is 2.29. The van der Waals surface area contributed by atoms with Crippen molar-refractivity contribution in [2.24, 2.45) is 11.1 Å². The summed E-state index contributed by atoms with van der Waals surface area (Å²) in [6, 6.07) is 4.01. The number of halogens is 2. The molecule has 1 aliphatic heterocycles. The number of rotatable bonds is 4. The summed E-state index contributed by atoms with van der Waals surface area (Å²) >= 11 is 0. The van der Waals surface area contributed by atoms with Crippen molar-refractivity contribution in [1.29, 1.82) is 0 Å². The monoisotopic (exact) mass is 374 g/mol. The van der Waals surface area contributed by atoms with E-state index >= 15 is 0 Å². The Morgan fingerprint density at radius 1 is 1.42 bits per heavy atom. The number of amides is 1. The molecular weight excluding hydrogens is 351 g/mol. The van der Waals surface area contributed by atoms with Crippen molar-refractivity contribution >= 4 is 36.4 Å². The lowest BCUT2D eigenvalue weighted by Gasteiger charge is -2.34. The number of pyridine rings is 1. The van der Waals surface area contributed by atoms with E-state index in [1.54, 1.807) is 0 Å². The number of fused-ring (bicyclic) bond motifs is 1. The topological polar surface area (TPSA) is 81.7 Å². The first kappa shape index (κ1) is 20.7. The van der Waals surface area contributed by atoms with Gasteiger partial charge >= 0.3 is 0 Å². The van der Waals surface area contributed by atoms with Gasteiger partial charge < -0.3 is 20.2 Å². The van der Waals surface area contributed by atoms with Gasteiger partial charge in [0.1, 0.15) is 5.65 Å². The minimum Gasteiger partial charge on any atom is -0.381 e. The molecule has 3 heterocycles. The van der Waals surface area contributed by atoms with E-state index in [0.29, 0.717) is 39.1 Å². The molecule has 3 rings (SSSR count). The molecule has 2 aromatic rings. The largest absolute Gasteiger partial charge is 0.381 e. The molecule has 2 aromatic heterocycles. The number of ether oxygens (including phenoxy) is 1. The molecule has 6 nitrogen and oxygen atoms in total. The third-order valence-corrected chi connectivity index (χ3v) is 4.48. The Kier molecular flexibility index (Phi) is 7.48. The minimum absolute atomic E-state index is 0. The molecule has 24 heavy (non-hydrogen) atoms. The molecule has 0 spiro atoms. The van der Waals surface area contributed by atoms with Crippen LogP contribution in [0.15, 0.2) is 24.5 Å². The summed E-state index contributed by atoms with van der Waals surface area (Å²) in [7, 11) is 0. The van der Waals surface area contributed by atoms with Crippen molar-refractivity contribution < 1.29 is 9.53 Å². The molecule has 0 unspecified atom stereocenters. The molecular formula is C16H24Cl2N4O2. The van der Waals surface area contributed by atoms with Crippen LogP contribution in [0, 0.1) is 12.3 Å². The molecule has 0 atom stereocenters.